The Labute approximate surface area is 191 Å². The lowest BCUT2D eigenvalue weighted by Crippen LogP contribution is -2.28. The summed E-state index contributed by atoms with van der Waals surface area (Å²) in [4.78, 5) is 4.48. The molecule has 0 atom stereocenters. The molecule has 5 rings (SSSR count). The van der Waals surface area contributed by atoms with Crippen LogP contribution in [-0.4, -0.2) is 23.3 Å². The largest absolute Gasteiger partial charge is 0.486 e. The van der Waals surface area contributed by atoms with E-state index in [1.807, 2.05) is 48.5 Å². The standard InChI is InChI=1S/C25H22N4O2S/c32-25(27-15-17-5-9-22-23(13-17)31-12-11-30-22)29-21-8-10-24(26-16-21)28-20-7-6-18-3-1-2-4-19(18)14-20/h1-10,13-14,16H,11-12,15H2,(H,26,28)(H2,27,29,32). The van der Waals surface area contributed by atoms with Crippen molar-refractivity contribution in [2.45, 2.75) is 6.54 Å². The summed E-state index contributed by atoms with van der Waals surface area (Å²) in [5.74, 6) is 2.32. The molecule has 160 valence electrons. The molecule has 0 bridgehead atoms. The highest BCUT2D eigenvalue weighted by Gasteiger charge is 2.11. The van der Waals surface area contributed by atoms with E-state index in [4.69, 9.17) is 21.7 Å². The van der Waals surface area contributed by atoms with Gasteiger partial charge in [0.05, 0.1) is 11.9 Å². The van der Waals surface area contributed by atoms with Crippen LogP contribution in [0.15, 0.2) is 79.0 Å². The second-order valence-electron chi connectivity index (χ2n) is 7.40. The molecule has 6 nitrogen and oxygen atoms in total. The third-order valence-corrected chi connectivity index (χ3v) is 5.35. The molecule has 0 saturated heterocycles. The third-order valence-electron chi connectivity index (χ3n) is 5.10. The van der Waals surface area contributed by atoms with Crippen molar-refractivity contribution in [3.8, 4) is 11.5 Å². The minimum absolute atomic E-state index is 0.525. The molecule has 0 unspecified atom stereocenters. The Morgan fingerprint density at radius 3 is 2.50 bits per heavy atom. The van der Waals surface area contributed by atoms with Crippen LogP contribution in [0.5, 0.6) is 11.5 Å². The highest BCUT2D eigenvalue weighted by Crippen LogP contribution is 2.30. The molecule has 2 heterocycles. The molecule has 0 aliphatic carbocycles. The number of thiocarbonyl (C=S) groups is 1. The van der Waals surface area contributed by atoms with E-state index >= 15 is 0 Å². The van der Waals surface area contributed by atoms with Crippen LogP contribution in [0.3, 0.4) is 0 Å². The van der Waals surface area contributed by atoms with Gasteiger partial charge < -0.3 is 25.4 Å². The maximum absolute atomic E-state index is 5.63. The predicted octanol–water partition coefficient (Wildman–Crippen LogP) is 5.24. The van der Waals surface area contributed by atoms with Crippen molar-refractivity contribution in [1.82, 2.24) is 10.3 Å². The zero-order valence-electron chi connectivity index (χ0n) is 17.3. The van der Waals surface area contributed by atoms with Crippen molar-refractivity contribution < 1.29 is 9.47 Å². The van der Waals surface area contributed by atoms with Crippen LogP contribution in [0.1, 0.15) is 5.56 Å². The summed E-state index contributed by atoms with van der Waals surface area (Å²) in [5, 5.41) is 12.6. The Morgan fingerprint density at radius 2 is 1.66 bits per heavy atom. The highest BCUT2D eigenvalue weighted by molar-refractivity contribution is 7.80. The quantitative estimate of drug-likeness (QED) is 0.365. The molecule has 1 aliphatic heterocycles. The summed E-state index contributed by atoms with van der Waals surface area (Å²) in [6.07, 6.45) is 1.75. The molecule has 0 amide bonds. The highest BCUT2D eigenvalue weighted by atomic mass is 32.1. The number of pyridine rings is 1. The molecular formula is C25H22N4O2S. The maximum Gasteiger partial charge on any atom is 0.171 e. The fraction of sp³-hybridized carbons (Fsp3) is 0.120. The fourth-order valence-electron chi connectivity index (χ4n) is 3.51. The first-order valence-electron chi connectivity index (χ1n) is 10.4. The number of nitrogens with zero attached hydrogens (tertiary/aromatic N) is 1. The third kappa shape index (κ3) is 4.73. The van der Waals surface area contributed by atoms with Crippen LogP contribution in [-0.2, 0) is 6.54 Å². The van der Waals surface area contributed by atoms with Crippen LogP contribution in [0.4, 0.5) is 17.2 Å². The minimum atomic E-state index is 0.525. The molecule has 7 heteroatoms. The molecular weight excluding hydrogens is 420 g/mol. The van der Waals surface area contributed by atoms with E-state index in [9.17, 15) is 0 Å². The number of rotatable bonds is 5. The zero-order valence-corrected chi connectivity index (χ0v) is 18.1. The van der Waals surface area contributed by atoms with Gasteiger partial charge in [-0.2, -0.15) is 0 Å². The number of nitrogens with one attached hydrogen (secondary N) is 3. The van der Waals surface area contributed by atoms with Gasteiger partial charge in [-0.1, -0.05) is 36.4 Å². The summed E-state index contributed by atoms with van der Waals surface area (Å²) in [6.45, 7) is 1.74. The SMILES string of the molecule is S=C(NCc1ccc2c(c1)OCCO2)Nc1ccc(Nc2ccc3ccccc3c2)nc1. The smallest absolute Gasteiger partial charge is 0.171 e. The molecule has 3 aromatic carbocycles. The van der Waals surface area contributed by atoms with Gasteiger partial charge in [-0.05, 0) is 65.0 Å². The van der Waals surface area contributed by atoms with Gasteiger partial charge in [0.25, 0.3) is 0 Å². The predicted molar refractivity (Wildman–Crippen MR) is 132 cm³/mol. The van der Waals surface area contributed by atoms with Crippen LogP contribution >= 0.6 is 12.2 Å². The van der Waals surface area contributed by atoms with Gasteiger partial charge >= 0.3 is 0 Å². The Balaban J connectivity index is 1.15. The number of anilines is 3. The number of hydrogen-bond acceptors (Lipinski definition) is 5. The van der Waals surface area contributed by atoms with E-state index in [-0.39, 0.29) is 0 Å². The Kier molecular flexibility index (Phi) is 5.72. The average Bonchev–Trinajstić information content (AvgIpc) is 2.84. The number of benzene rings is 3. The maximum atomic E-state index is 5.63. The molecule has 4 aromatic rings. The van der Waals surface area contributed by atoms with Gasteiger partial charge in [0, 0.05) is 12.2 Å². The molecule has 0 fully saturated rings. The van der Waals surface area contributed by atoms with E-state index < -0.39 is 0 Å². The van der Waals surface area contributed by atoms with E-state index in [2.05, 4.69) is 45.2 Å². The van der Waals surface area contributed by atoms with E-state index in [1.165, 1.54) is 10.8 Å². The first-order valence-corrected chi connectivity index (χ1v) is 10.8. The van der Waals surface area contributed by atoms with Gasteiger partial charge in [0.2, 0.25) is 0 Å². The van der Waals surface area contributed by atoms with Gasteiger partial charge in [-0.25, -0.2) is 4.98 Å². The average molecular weight is 443 g/mol. The van der Waals surface area contributed by atoms with E-state index in [1.54, 1.807) is 6.20 Å². The fourth-order valence-corrected chi connectivity index (χ4v) is 3.70. The van der Waals surface area contributed by atoms with Crippen molar-refractivity contribution in [3.63, 3.8) is 0 Å². The van der Waals surface area contributed by atoms with Crippen molar-refractivity contribution in [3.05, 3.63) is 84.6 Å². The second kappa shape index (κ2) is 9.11. The first kappa shape index (κ1) is 20.1. The lowest BCUT2D eigenvalue weighted by Gasteiger charge is -2.19. The number of fused-ring (bicyclic) bond motifs is 2. The summed E-state index contributed by atoms with van der Waals surface area (Å²) in [7, 11) is 0. The first-order chi connectivity index (χ1) is 15.7. The summed E-state index contributed by atoms with van der Waals surface area (Å²) >= 11 is 5.42. The molecule has 32 heavy (non-hydrogen) atoms. The molecule has 0 saturated carbocycles. The van der Waals surface area contributed by atoms with Gasteiger partial charge in [-0.15, -0.1) is 0 Å². The van der Waals surface area contributed by atoms with Gasteiger partial charge in [0.15, 0.2) is 16.6 Å². The Bertz CT molecular complexity index is 1260. The molecule has 1 aliphatic rings. The van der Waals surface area contributed by atoms with Crippen molar-refractivity contribution in [2.24, 2.45) is 0 Å². The molecule has 1 aromatic heterocycles. The molecule has 0 spiro atoms. The lowest BCUT2D eigenvalue weighted by molar-refractivity contribution is 0.171. The van der Waals surface area contributed by atoms with Gasteiger partial charge in [0.1, 0.15) is 19.0 Å². The minimum Gasteiger partial charge on any atom is -0.486 e. The summed E-state index contributed by atoms with van der Waals surface area (Å²) in [6, 6.07) is 24.3. The molecule has 0 radical (unpaired) electrons. The number of aromatic nitrogens is 1. The monoisotopic (exact) mass is 442 g/mol. The zero-order chi connectivity index (χ0) is 21.8. The normalized spacial score (nSPS) is 12.2. The van der Waals surface area contributed by atoms with Gasteiger partial charge in [-0.3, -0.25) is 0 Å². The van der Waals surface area contributed by atoms with Crippen LogP contribution < -0.4 is 25.4 Å². The summed E-state index contributed by atoms with van der Waals surface area (Å²) in [5.41, 5.74) is 2.87. The van der Waals surface area contributed by atoms with Crippen LogP contribution in [0.25, 0.3) is 10.8 Å². The van der Waals surface area contributed by atoms with Crippen molar-refractivity contribution in [1.29, 1.82) is 0 Å². The molecule has 3 N–H and O–H groups in total. The van der Waals surface area contributed by atoms with Crippen LogP contribution in [0, 0.1) is 0 Å². The van der Waals surface area contributed by atoms with E-state index in [0.717, 1.165) is 34.3 Å². The second-order valence-corrected chi connectivity index (χ2v) is 7.81. The number of ether oxygens (including phenoxy) is 2. The van der Waals surface area contributed by atoms with E-state index in [0.29, 0.717) is 24.9 Å². The van der Waals surface area contributed by atoms with Crippen molar-refractivity contribution in [2.75, 3.05) is 23.8 Å². The number of hydrogen-bond donors (Lipinski definition) is 3. The van der Waals surface area contributed by atoms with Crippen molar-refractivity contribution >= 4 is 45.3 Å². The Morgan fingerprint density at radius 1 is 0.844 bits per heavy atom. The van der Waals surface area contributed by atoms with Crippen LogP contribution in [0.2, 0.25) is 0 Å². The lowest BCUT2D eigenvalue weighted by atomic mass is 10.1. The topological polar surface area (TPSA) is 67.4 Å². The summed E-state index contributed by atoms with van der Waals surface area (Å²) < 4.78 is 11.2. The Hall–Kier alpha value is -3.84.